The van der Waals surface area contributed by atoms with Crippen molar-refractivity contribution in [2.24, 2.45) is 5.73 Å². The molecule has 14 heavy (non-hydrogen) atoms. The van der Waals surface area contributed by atoms with E-state index in [-0.39, 0.29) is 11.3 Å². The van der Waals surface area contributed by atoms with Crippen molar-refractivity contribution in [3.8, 4) is 5.75 Å². The number of nitrogens with two attached hydrogens (primary N) is 1. The van der Waals surface area contributed by atoms with Gasteiger partial charge in [0.15, 0.2) is 0 Å². The van der Waals surface area contributed by atoms with Gasteiger partial charge in [0.05, 0.1) is 6.42 Å². The molecule has 2 nitrogen and oxygen atoms in total. The summed E-state index contributed by atoms with van der Waals surface area (Å²) in [6.07, 6.45) is -5.45. The molecule has 1 atom stereocenters. The van der Waals surface area contributed by atoms with E-state index in [0.717, 1.165) is 0 Å². The van der Waals surface area contributed by atoms with Crippen molar-refractivity contribution < 1.29 is 18.3 Å². The van der Waals surface area contributed by atoms with E-state index in [1.54, 1.807) is 0 Å². The van der Waals surface area contributed by atoms with Gasteiger partial charge in [-0.1, -0.05) is 18.2 Å². The minimum atomic E-state index is -4.32. The molecule has 0 bridgehead atoms. The number of aromatic hydroxyl groups is 1. The molecule has 0 radical (unpaired) electrons. The lowest BCUT2D eigenvalue weighted by Gasteiger charge is -2.15. The number of phenolic OH excluding ortho intramolecular Hbond substituents is 1. The van der Waals surface area contributed by atoms with E-state index in [1.807, 2.05) is 0 Å². The molecule has 1 aromatic rings. The molecule has 0 aliphatic carbocycles. The van der Waals surface area contributed by atoms with Crippen LogP contribution in [0.1, 0.15) is 18.0 Å². The topological polar surface area (TPSA) is 46.2 Å². The van der Waals surface area contributed by atoms with Gasteiger partial charge in [0.2, 0.25) is 0 Å². The van der Waals surface area contributed by atoms with E-state index in [4.69, 9.17) is 5.73 Å². The molecular formula is C9H10F3NO. The third-order valence-corrected chi connectivity index (χ3v) is 1.79. The Morgan fingerprint density at radius 2 is 1.86 bits per heavy atom. The fourth-order valence-electron chi connectivity index (χ4n) is 1.16. The highest BCUT2D eigenvalue weighted by molar-refractivity contribution is 5.34. The summed E-state index contributed by atoms with van der Waals surface area (Å²) in [4.78, 5) is 0. The molecule has 0 heterocycles. The number of halogens is 3. The van der Waals surface area contributed by atoms with Crippen LogP contribution in [-0.2, 0) is 0 Å². The molecule has 5 heteroatoms. The van der Waals surface area contributed by atoms with Crippen LogP contribution >= 0.6 is 0 Å². The van der Waals surface area contributed by atoms with Crippen molar-refractivity contribution in [3.63, 3.8) is 0 Å². The number of phenols is 1. The predicted octanol–water partition coefficient (Wildman–Crippen LogP) is 2.34. The zero-order valence-electron chi connectivity index (χ0n) is 7.25. The van der Waals surface area contributed by atoms with Crippen LogP contribution in [-0.4, -0.2) is 11.3 Å². The van der Waals surface area contributed by atoms with E-state index in [2.05, 4.69) is 0 Å². The van der Waals surface area contributed by atoms with Gasteiger partial charge in [-0.2, -0.15) is 13.2 Å². The van der Waals surface area contributed by atoms with Crippen LogP contribution in [0.25, 0.3) is 0 Å². The summed E-state index contributed by atoms with van der Waals surface area (Å²) < 4.78 is 35.9. The summed E-state index contributed by atoms with van der Waals surface area (Å²) in [6, 6.07) is 4.54. The first-order chi connectivity index (χ1) is 6.40. The van der Waals surface area contributed by atoms with E-state index in [0.29, 0.717) is 0 Å². The van der Waals surface area contributed by atoms with Crippen molar-refractivity contribution >= 4 is 0 Å². The molecule has 0 saturated carbocycles. The predicted molar refractivity (Wildman–Crippen MR) is 45.7 cm³/mol. The lowest BCUT2D eigenvalue weighted by molar-refractivity contribution is -0.138. The van der Waals surface area contributed by atoms with E-state index >= 15 is 0 Å². The van der Waals surface area contributed by atoms with Crippen molar-refractivity contribution in [1.29, 1.82) is 0 Å². The van der Waals surface area contributed by atoms with E-state index in [1.165, 1.54) is 24.3 Å². The van der Waals surface area contributed by atoms with E-state index in [9.17, 15) is 18.3 Å². The molecule has 0 aliphatic rings. The van der Waals surface area contributed by atoms with Crippen LogP contribution in [0.3, 0.4) is 0 Å². The highest BCUT2D eigenvalue weighted by Crippen LogP contribution is 2.31. The number of benzene rings is 1. The van der Waals surface area contributed by atoms with E-state index < -0.39 is 18.6 Å². The summed E-state index contributed by atoms with van der Waals surface area (Å²) in [5, 5.41) is 9.23. The normalized spacial score (nSPS) is 14.0. The molecule has 1 rings (SSSR count). The van der Waals surface area contributed by atoms with Crippen LogP contribution in [0.4, 0.5) is 13.2 Å². The quantitative estimate of drug-likeness (QED) is 0.778. The van der Waals surface area contributed by atoms with Crippen LogP contribution in [0.2, 0.25) is 0 Å². The molecule has 0 aliphatic heterocycles. The second-order valence-electron chi connectivity index (χ2n) is 2.98. The van der Waals surface area contributed by atoms with Gasteiger partial charge in [-0.05, 0) is 6.07 Å². The summed E-state index contributed by atoms with van der Waals surface area (Å²) in [5.41, 5.74) is 5.42. The molecule has 0 unspecified atom stereocenters. The molecule has 0 fully saturated rings. The smallest absolute Gasteiger partial charge is 0.390 e. The third kappa shape index (κ3) is 2.92. The first kappa shape index (κ1) is 10.8. The Bertz CT molecular complexity index is 311. The SMILES string of the molecule is N[C@H](CC(F)(F)F)c1ccccc1O. The number of rotatable bonds is 2. The molecule has 0 amide bonds. The summed E-state index contributed by atoms with van der Waals surface area (Å²) >= 11 is 0. The second-order valence-corrected chi connectivity index (χ2v) is 2.98. The standard InChI is InChI=1S/C9H10F3NO/c10-9(11,12)5-7(13)6-3-1-2-4-8(6)14/h1-4,7,14H,5,13H2/t7-/m1/s1. The average Bonchev–Trinajstić information content (AvgIpc) is 2.01. The number of para-hydroxylation sites is 1. The summed E-state index contributed by atoms with van der Waals surface area (Å²) in [7, 11) is 0. The zero-order chi connectivity index (χ0) is 10.8. The minimum Gasteiger partial charge on any atom is -0.508 e. The molecule has 1 aromatic carbocycles. The van der Waals surface area contributed by atoms with Gasteiger partial charge in [0.1, 0.15) is 5.75 Å². The average molecular weight is 205 g/mol. The van der Waals surface area contributed by atoms with Gasteiger partial charge >= 0.3 is 6.18 Å². The van der Waals surface area contributed by atoms with Crippen LogP contribution in [0, 0.1) is 0 Å². The maximum Gasteiger partial charge on any atom is 0.390 e. The maximum atomic E-state index is 12.0. The summed E-state index contributed by atoms with van der Waals surface area (Å²) in [6.45, 7) is 0. The zero-order valence-corrected chi connectivity index (χ0v) is 7.25. The second kappa shape index (κ2) is 3.88. The lowest BCUT2D eigenvalue weighted by Crippen LogP contribution is -2.20. The summed E-state index contributed by atoms with van der Waals surface area (Å²) in [5.74, 6) is -0.204. The fourth-order valence-corrected chi connectivity index (χ4v) is 1.16. The Hall–Kier alpha value is -1.23. The Labute approximate surface area is 79.2 Å². The number of alkyl halides is 3. The number of hydrogen-bond acceptors (Lipinski definition) is 2. The number of hydrogen-bond donors (Lipinski definition) is 2. The van der Waals surface area contributed by atoms with Crippen molar-refractivity contribution in [2.75, 3.05) is 0 Å². The molecule has 0 saturated heterocycles. The first-order valence-corrected chi connectivity index (χ1v) is 4.00. The van der Waals surface area contributed by atoms with Crippen molar-refractivity contribution in [2.45, 2.75) is 18.6 Å². The van der Waals surface area contributed by atoms with Crippen molar-refractivity contribution in [3.05, 3.63) is 29.8 Å². The van der Waals surface area contributed by atoms with Crippen LogP contribution in [0.5, 0.6) is 5.75 Å². The Morgan fingerprint density at radius 1 is 1.29 bits per heavy atom. The molecule has 3 N–H and O–H groups in total. The Kier molecular flexibility index (Phi) is 3.00. The molecule has 78 valence electrons. The Balaban J connectivity index is 2.80. The molecule has 0 spiro atoms. The van der Waals surface area contributed by atoms with Gasteiger partial charge in [-0.25, -0.2) is 0 Å². The first-order valence-electron chi connectivity index (χ1n) is 4.00. The molecule has 0 aromatic heterocycles. The Morgan fingerprint density at radius 3 is 2.36 bits per heavy atom. The fraction of sp³-hybridized carbons (Fsp3) is 0.333. The van der Waals surface area contributed by atoms with Gasteiger partial charge in [-0.3, -0.25) is 0 Å². The van der Waals surface area contributed by atoms with Crippen LogP contribution in [0.15, 0.2) is 24.3 Å². The minimum absolute atomic E-state index is 0.116. The van der Waals surface area contributed by atoms with Gasteiger partial charge in [-0.15, -0.1) is 0 Å². The largest absolute Gasteiger partial charge is 0.508 e. The molecular weight excluding hydrogens is 195 g/mol. The highest BCUT2D eigenvalue weighted by Gasteiger charge is 2.31. The van der Waals surface area contributed by atoms with Crippen molar-refractivity contribution in [1.82, 2.24) is 0 Å². The maximum absolute atomic E-state index is 12.0. The third-order valence-electron chi connectivity index (χ3n) is 1.79. The highest BCUT2D eigenvalue weighted by atomic mass is 19.4. The monoisotopic (exact) mass is 205 g/mol. The van der Waals surface area contributed by atoms with Gasteiger partial charge < -0.3 is 10.8 Å². The van der Waals surface area contributed by atoms with Gasteiger partial charge in [0, 0.05) is 11.6 Å². The van der Waals surface area contributed by atoms with Gasteiger partial charge in [0.25, 0.3) is 0 Å². The van der Waals surface area contributed by atoms with Crippen LogP contribution < -0.4 is 5.73 Å². The lowest BCUT2D eigenvalue weighted by atomic mass is 10.0.